The summed E-state index contributed by atoms with van der Waals surface area (Å²) in [7, 11) is 1.29. The van der Waals surface area contributed by atoms with Gasteiger partial charge in [-0.2, -0.15) is 18.2 Å². The maximum atomic E-state index is 12.2. The van der Waals surface area contributed by atoms with Gasteiger partial charge in [0.25, 0.3) is 5.91 Å². The fraction of sp³-hybridized carbons (Fsp3) is 0.250. The largest absolute Gasteiger partial charge is 0.468 e. The summed E-state index contributed by atoms with van der Waals surface area (Å²) < 4.78 is 46.8. The zero-order valence-electron chi connectivity index (χ0n) is 14.3. The summed E-state index contributed by atoms with van der Waals surface area (Å²) in [6.45, 7) is 0.214. The van der Waals surface area contributed by atoms with Crippen LogP contribution in [-0.2, 0) is 9.63 Å². The Hall–Kier alpha value is -3.37. The summed E-state index contributed by atoms with van der Waals surface area (Å²) in [5, 5.41) is 5.88. The molecule has 1 aromatic heterocycles. The van der Waals surface area contributed by atoms with E-state index < -0.39 is 18.7 Å². The van der Waals surface area contributed by atoms with E-state index >= 15 is 0 Å². The minimum atomic E-state index is -4.50. The smallest absolute Gasteiger partial charge is 0.422 e. The first-order valence-corrected chi connectivity index (χ1v) is 7.46. The third kappa shape index (κ3) is 6.45. The van der Waals surface area contributed by atoms with Gasteiger partial charge < -0.3 is 19.6 Å². The number of hydrogen-bond donors (Lipinski definition) is 1. The number of benzene rings is 1. The van der Waals surface area contributed by atoms with Gasteiger partial charge in [0, 0.05) is 12.3 Å². The first-order valence-electron chi connectivity index (χ1n) is 7.46. The number of alkyl halides is 3. The van der Waals surface area contributed by atoms with E-state index in [2.05, 4.69) is 30.0 Å². The Labute approximate surface area is 152 Å². The van der Waals surface area contributed by atoms with Gasteiger partial charge in [-0.3, -0.25) is 4.79 Å². The van der Waals surface area contributed by atoms with E-state index in [0.29, 0.717) is 5.56 Å². The van der Waals surface area contributed by atoms with Crippen LogP contribution in [-0.4, -0.2) is 42.0 Å². The first kappa shape index (κ1) is 19.9. The van der Waals surface area contributed by atoms with Crippen molar-refractivity contribution in [2.45, 2.75) is 13.1 Å². The van der Waals surface area contributed by atoms with E-state index in [4.69, 9.17) is 4.74 Å². The number of rotatable bonds is 7. The van der Waals surface area contributed by atoms with Crippen molar-refractivity contribution in [1.82, 2.24) is 9.97 Å². The SMILES string of the molecule is CO/N=C/C(=O)Nc1cccc(C)c1Oc1nccc(OCC(F)(F)F)n1. The van der Waals surface area contributed by atoms with Crippen LogP contribution < -0.4 is 14.8 Å². The second-order valence-corrected chi connectivity index (χ2v) is 5.04. The fourth-order valence-electron chi connectivity index (χ4n) is 1.85. The van der Waals surface area contributed by atoms with Gasteiger partial charge in [0.2, 0.25) is 5.88 Å². The molecule has 0 aliphatic rings. The number of nitrogens with zero attached hydrogens (tertiary/aromatic N) is 3. The average molecular weight is 384 g/mol. The van der Waals surface area contributed by atoms with Gasteiger partial charge >= 0.3 is 12.2 Å². The number of carbonyl (C=O) groups excluding carboxylic acids is 1. The third-order valence-electron chi connectivity index (χ3n) is 2.93. The maximum Gasteiger partial charge on any atom is 0.422 e. The third-order valence-corrected chi connectivity index (χ3v) is 2.93. The van der Waals surface area contributed by atoms with Crippen LogP contribution in [0.25, 0.3) is 0 Å². The highest BCUT2D eigenvalue weighted by Crippen LogP contribution is 2.32. The molecule has 1 N–H and O–H groups in total. The lowest BCUT2D eigenvalue weighted by Crippen LogP contribution is -2.19. The molecule has 27 heavy (non-hydrogen) atoms. The number of halogens is 3. The van der Waals surface area contributed by atoms with Crippen molar-refractivity contribution in [1.29, 1.82) is 0 Å². The summed E-state index contributed by atoms with van der Waals surface area (Å²) in [4.78, 5) is 23.8. The summed E-state index contributed by atoms with van der Waals surface area (Å²) in [6, 6.07) is 5.86. The molecule has 1 amide bonds. The van der Waals surface area contributed by atoms with E-state index in [1.54, 1.807) is 25.1 Å². The lowest BCUT2D eigenvalue weighted by atomic mass is 10.2. The number of oxime groups is 1. The number of ether oxygens (including phenoxy) is 2. The van der Waals surface area contributed by atoms with E-state index in [0.717, 1.165) is 6.21 Å². The number of aromatic nitrogens is 2. The predicted molar refractivity (Wildman–Crippen MR) is 89.0 cm³/mol. The van der Waals surface area contributed by atoms with Crippen LogP contribution in [0.2, 0.25) is 0 Å². The molecule has 0 bridgehead atoms. The Balaban J connectivity index is 2.19. The number of carbonyl (C=O) groups is 1. The molecule has 1 aromatic carbocycles. The van der Waals surface area contributed by atoms with Gasteiger partial charge in [0.1, 0.15) is 13.3 Å². The summed E-state index contributed by atoms with van der Waals surface area (Å²) in [6.07, 6.45) is -2.38. The minimum absolute atomic E-state index is 0.213. The molecule has 0 unspecified atom stereocenters. The van der Waals surface area contributed by atoms with Crippen LogP contribution in [0.15, 0.2) is 35.6 Å². The molecular weight excluding hydrogens is 369 g/mol. The minimum Gasteiger partial charge on any atom is -0.468 e. The summed E-state index contributed by atoms with van der Waals surface area (Å²) >= 11 is 0. The molecule has 0 radical (unpaired) electrons. The van der Waals surface area contributed by atoms with Gasteiger partial charge in [-0.1, -0.05) is 17.3 Å². The highest BCUT2D eigenvalue weighted by molar-refractivity contribution is 6.31. The van der Waals surface area contributed by atoms with Gasteiger partial charge in [-0.25, -0.2) is 4.98 Å². The van der Waals surface area contributed by atoms with E-state index in [1.165, 1.54) is 19.4 Å². The van der Waals surface area contributed by atoms with Crippen molar-refractivity contribution < 1.29 is 32.3 Å². The van der Waals surface area contributed by atoms with Crippen LogP contribution in [0.3, 0.4) is 0 Å². The van der Waals surface area contributed by atoms with Crippen molar-refractivity contribution >= 4 is 17.8 Å². The summed E-state index contributed by atoms with van der Waals surface area (Å²) in [5.74, 6) is -0.663. The van der Waals surface area contributed by atoms with Crippen molar-refractivity contribution in [2.75, 3.05) is 19.0 Å². The molecule has 1 heterocycles. The second-order valence-electron chi connectivity index (χ2n) is 5.04. The molecule has 0 aliphatic heterocycles. The number of hydrogen-bond acceptors (Lipinski definition) is 7. The molecule has 11 heteroatoms. The van der Waals surface area contributed by atoms with Crippen LogP contribution in [0, 0.1) is 6.92 Å². The van der Waals surface area contributed by atoms with Crippen molar-refractivity contribution in [3.8, 4) is 17.6 Å². The summed E-state index contributed by atoms with van der Waals surface area (Å²) in [5.41, 5.74) is 0.912. The molecular formula is C16H15F3N4O4. The molecule has 8 nitrogen and oxygen atoms in total. The maximum absolute atomic E-state index is 12.2. The average Bonchev–Trinajstić information content (AvgIpc) is 2.61. The standard InChI is InChI=1S/C16H15F3N4O4/c1-10-4-3-5-11(22-12(24)8-21-25-2)14(10)27-15-20-7-6-13(23-15)26-9-16(17,18)19/h3-8H,9H2,1-2H3,(H,22,24)/b21-8+. The first-order chi connectivity index (χ1) is 12.8. The molecule has 0 atom stereocenters. The van der Waals surface area contributed by atoms with Crippen LogP contribution in [0.5, 0.6) is 17.6 Å². The highest BCUT2D eigenvalue weighted by atomic mass is 19.4. The zero-order chi connectivity index (χ0) is 19.9. The number of anilines is 1. The molecule has 0 saturated carbocycles. The highest BCUT2D eigenvalue weighted by Gasteiger charge is 2.28. The van der Waals surface area contributed by atoms with Gasteiger partial charge in [-0.15, -0.1) is 0 Å². The number of para-hydroxylation sites is 1. The predicted octanol–water partition coefficient (Wildman–Crippen LogP) is 3.09. The van der Waals surface area contributed by atoms with E-state index in [9.17, 15) is 18.0 Å². The molecule has 2 rings (SSSR count). The monoisotopic (exact) mass is 384 g/mol. The Kier molecular flexibility index (Phi) is 6.52. The van der Waals surface area contributed by atoms with E-state index in [1.807, 2.05) is 0 Å². The van der Waals surface area contributed by atoms with Crippen molar-refractivity contribution in [3.05, 3.63) is 36.0 Å². The molecule has 2 aromatic rings. The van der Waals surface area contributed by atoms with E-state index in [-0.39, 0.29) is 23.3 Å². The molecule has 0 spiro atoms. The molecule has 0 aliphatic carbocycles. The van der Waals surface area contributed by atoms with Gasteiger partial charge in [0.05, 0.1) is 5.69 Å². The molecule has 144 valence electrons. The normalized spacial score (nSPS) is 11.3. The second kappa shape index (κ2) is 8.83. The van der Waals surface area contributed by atoms with Crippen molar-refractivity contribution in [3.63, 3.8) is 0 Å². The van der Waals surface area contributed by atoms with Crippen molar-refractivity contribution in [2.24, 2.45) is 5.16 Å². The number of aryl methyl sites for hydroxylation is 1. The van der Waals surface area contributed by atoms with Gasteiger partial charge in [0.15, 0.2) is 12.4 Å². The Morgan fingerprint density at radius 1 is 1.33 bits per heavy atom. The molecule has 0 fully saturated rings. The van der Waals surface area contributed by atoms with Gasteiger partial charge in [-0.05, 0) is 18.6 Å². The lowest BCUT2D eigenvalue weighted by molar-refractivity contribution is -0.154. The topological polar surface area (TPSA) is 94.9 Å². The quantitative estimate of drug-likeness (QED) is 0.582. The Morgan fingerprint density at radius 2 is 2.11 bits per heavy atom. The number of nitrogens with one attached hydrogen (secondary N) is 1. The van der Waals surface area contributed by atoms with Crippen LogP contribution in [0.4, 0.5) is 18.9 Å². The molecule has 0 saturated heterocycles. The zero-order valence-corrected chi connectivity index (χ0v) is 14.3. The Morgan fingerprint density at radius 3 is 2.81 bits per heavy atom. The fourth-order valence-corrected chi connectivity index (χ4v) is 1.85. The Bertz CT molecular complexity index is 828. The lowest BCUT2D eigenvalue weighted by Gasteiger charge is -2.13. The number of amides is 1. The van der Waals surface area contributed by atoms with Crippen LogP contribution in [0.1, 0.15) is 5.56 Å². The van der Waals surface area contributed by atoms with Crippen LogP contribution >= 0.6 is 0 Å².